The van der Waals surface area contributed by atoms with Gasteiger partial charge >= 0.3 is 0 Å². The second kappa shape index (κ2) is 5.73. The number of hydrogen-bond donors (Lipinski definition) is 2. The van der Waals surface area contributed by atoms with Gasteiger partial charge < -0.3 is 5.73 Å². The van der Waals surface area contributed by atoms with Crippen LogP contribution in [0.5, 0.6) is 0 Å². The minimum atomic E-state index is -3.84. The smallest absolute Gasteiger partial charge is 0.261 e. The number of nitrogens with one attached hydrogen (secondary N) is 1. The third kappa shape index (κ3) is 3.52. The summed E-state index contributed by atoms with van der Waals surface area (Å²) in [5.74, 6) is -0.475. The van der Waals surface area contributed by atoms with E-state index in [1.807, 2.05) is 19.9 Å². The van der Waals surface area contributed by atoms with Gasteiger partial charge in [-0.3, -0.25) is 4.72 Å². The highest BCUT2D eigenvalue weighted by molar-refractivity contribution is 7.92. The topological polar surface area (TPSA) is 72.2 Å². The Kier molecular flexibility index (Phi) is 4.18. The molecule has 0 aliphatic carbocycles. The fraction of sp³-hybridized carbons (Fsp3) is 0.200. The zero-order chi connectivity index (χ0) is 15.6. The van der Waals surface area contributed by atoms with Gasteiger partial charge in [-0.15, -0.1) is 0 Å². The van der Waals surface area contributed by atoms with Crippen LogP contribution in [0, 0.1) is 5.82 Å². The molecule has 0 heterocycles. The van der Waals surface area contributed by atoms with Crippen LogP contribution in [0.3, 0.4) is 0 Å². The molecule has 0 saturated heterocycles. The third-order valence-electron chi connectivity index (χ3n) is 3.09. The molecule has 0 aliphatic heterocycles. The van der Waals surface area contributed by atoms with E-state index in [1.54, 1.807) is 18.2 Å². The molecule has 0 unspecified atom stereocenters. The maximum atomic E-state index is 13.4. The zero-order valence-electron chi connectivity index (χ0n) is 11.8. The van der Waals surface area contributed by atoms with Crippen molar-refractivity contribution in [3.8, 4) is 0 Å². The zero-order valence-corrected chi connectivity index (χ0v) is 12.6. The Labute approximate surface area is 123 Å². The summed E-state index contributed by atoms with van der Waals surface area (Å²) < 4.78 is 40.3. The minimum Gasteiger partial charge on any atom is -0.396 e. The van der Waals surface area contributed by atoms with Gasteiger partial charge in [0, 0.05) is 5.69 Å². The predicted octanol–water partition coefficient (Wildman–Crippen LogP) is 3.33. The number of benzene rings is 2. The van der Waals surface area contributed by atoms with E-state index in [1.165, 1.54) is 12.1 Å². The lowest BCUT2D eigenvalue weighted by molar-refractivity contribution is 0.596. The van der Waals surface area contributed by atoms with Crippen molar-refractivity contribution < 1.29 is 12.8 Å². The van der Waals surface area contributed by atoms with Crippen LogP contribution >= 0.6 is 0 Å². The summed E-state index contributed by atoms with van der Waals surface area (Å²) in [6.45, 7) is 4.03. The first-order chi connectivity index (χ1) is 9.79. The van der Waals surface area contributed by atoms with Crippen molar-refractivity contribution in [2.45, 2.75) is 24.7 Å². The minimum absolute atomic E-state index is 0.0873. The molecule has 0 fully saturated rings. The molecule has 0 spiro atoms. The van der Waals surface area contributed by atoms with Crippen molar-refractivity contribution in [3.05, 3.63) is 53.8 Å². The lowest BCUT2D eigenvalue weighted by Crippen LogP contribution is -2.13. The van der Waals surface area contributed by atoms with Crippen LogP contribution < -0.4 is 10.5 Å². The maximum absolute atomic E-state index is 13.4. The fourth-order valence-corrected chi connectivity index (χ4v) is 2.91. The molecule has 0 amide bonds. The molecular weight excluding hydrogens is 291 g/mol. The van der Waals surface area contributed by atoms with E-state index in [9.17, 15) is 12.8 Å². The monoisotopic (exact) mass is 308 g/mol. The van der Waals surface area contributed by atoms with E-state index in [0.717, 1.165) is 11.6 Å². The molecule has 0 aliphatic rings. The van der Waals surface area contributed by atoms with Gasteiger partial charge in [-0.05, 0) is 41.8 Å². The number of nitrogens with two attached hydrogens (primary N) is 1. The third-order valence-corrected chi connectivity index (χ3v) is 4.47. The second-order valence-electron chi connectivity index (χ2n) is 5.07. The Morgan fingerprint density at radius 1 is 1.14 bits per heavy atom. The molecule has 0 aromatic heterocycles. The van der Waals surface area contributed by atoms with Gasteiger partial charge in [0.05, 0.1) is 10.6 Å². The lowest BCUT2D eigenvalue weighted by Gasteiger charge is -2.11. The molecule has 0 saturated carbocycles. The van der Waals surface area contributed by atoms with Crippen LogP contribution in [-0.4, -0.2) is 8.42 Å². The van der Waals surface area contributed by atoms with Crippen LogP contribution in [0.4, 0.5) is 15.8 Å². The molecule has 21 heavy (non-hydrogen) atoms. The molecule has 2 aromatic rings. The van der Waals surface area contributed by atoms with Crippen molar-refractivity contribution >= 4 is 21.4 Å². The summed E-state index contributed by atoms with van der Waals surface area (Å²) >= 11 is 0. The Hall–Kier alpha value is -2.08. The summed E-state index contributed by atoms with van der Waals surface area (Å²) in [5, 5.41) is 0. The Bertz CT molecular complexity index is 758. The van der Waals surface area contributed by atoms with Crippen molar-refractivity contribution in [1.29, 1.82) is 0 Å². The molecule has 4 nitrogen and oxygen atoms in total. The van der Waals surface area contributed by atoms with Crippen LogP contribution in [0.1, 0.15) is 25.3 Å². The van der Waals surface area contributed by atoms with E-state index in [-0.39, 0.29) is 16.5 Å². The number of sulfonamides is 1. The van der Waals surface area contributed by atoms with Gasteiger partial charge in [-0.2, -0.15) is 0 Å². The van der Waals surface area contributed by atoms with Crippen molar-refractivity contribution in [3.63, 3.8) is 0 Å². The number of halogens is 1. The molecule has 6 heteroatoms. The van der Waals surface area contributed by atoms with Gasteiger partial charge in [-0.1, -0.05) is 26.0 Å². The van der Waals surface area contributed by atoms with E-state index in [2.05, 4.69) is 4.72 Å². The summed E-state index contributed by atoms with van der Waals surface area (Å²) in [4.78, 5) is -0.163. The van der Waals surface area contributed by atoms with E-state index < -0.39 is 15.8 Å². The summed E-state index contributed by atoms with van der Waals surface area (Å²) in [7, 11) is -3.84. The van der Waals surface area contributed by atoms with E-state index in [0.29, 0.717) is 5.69 Å². The van der Waals surface area contributed by atoms with Crippen LogP contribution in [-0.2, 0) is 10.0 Å². The van der Waals surface area contributed by atoms with Crippen molar-refractivity contribution in [1.82, 2.24) is 0 Å². The summed E-state index contributed by atoms with van der Waals surface area (Å²) in [6, 6.07) is 10.5. The van der Waals surface area contributed by atoms with E-state index >= 15 is 0 Å². The lowest BCUT2D eigenvalue weighted by atomic mass is 10.0. The van der Waals surface area contributed by atoms with Crippen molar-refractivity contribution in [2.24, 2.45) is 0 Å². The number of hydrogen-bond acceptors (Lipinski definition) is 3. The molecule has 0 atom stereocenters. The highest BCUT2D eigenvalue weighted by Crippen LogP contribution is 2.22. The highest BCUT2D eigenvalue weighted by atomic mass is 32.2. The normalized spacial score (nSPS) is 11.6. The summed E-state index contributed by atoms with van der Waals surface area (Å²) in [5.41, 5.74) is 6.72. The average molecular weight is 308 g/mol. The van der Waals surface area contributed by atoms with Crippen LogP contribution in [0.25, 0.3) is 0 Å². The highest BCUT2D eigenvalue weighted by Gasteiger charge is 2.16. The van der Waals surface area contributed by atoms with Gasteiger partial charge in [0.2, 0.25) is 0 Å². The number of nitrogen functional groups attached to an aromatic ring is 1. The number of anilines is 2. The van der Waals surface area contributed by atoms with Gasteiger partial charge in [-0.25, -0.2) is 12.8 Å². The molecule has 0 bridgehead atoms. The van der Waals surface area contributed by atoms with Gasteiger partial charge in [0.15, 0.2) is 0 Å². The van der Waals surface area contributed by atoms with Crippen molar-refractivity contribution in [2.75, 3.05) is 10.5 Å². The number of rotatable bonds is 4. The largest absolute Gasteiger partial charge is 0.396 e. The van der Waals surface area contributed by atoms with Crippen LogP contribution in [0.15, 0.2) is 47.4 Å². The quantitative estimate of drug-likeness (QED) is 0.851. The molecule has 0 radical (unpaired) electrons. The Morgan fingerprint density at radius 3 is 2.48 bits per heavy atom. The Balaban J connectivity index is 2.33. The first-order valence-corrected chi connectivity index (χ1v) is 7.96. The SMILES string of the molecule is CC(C)c1cccc(NS(=O)(=O)c2ccc(N)c(F)c2)c1. The van der Waals surface area contributed by atoms with Gasteiger partial charge in [0.25, 0.3) is 10.0 Å². The second-order valence-corrected chi connectivity index (χ2v) is 6.75. The first-order valence-electron chi connectivity index (χ1n) is 6.47. The van der Waals surface area contributed by atoms with Gasteiger partial charge in [0.1, 0.15) is 5.82 Å². The maximum Gasteiger partial charge on any atom is 0.261 e. The van der Waals surface area contributed by atoms with E-state index in [4.69, 9.17) is 5.73 Å². The molecular formula is C15H17FN2O2S. The fourth-order valence-electron chi connectivity index (χ4n) is 1.85. The molecule has 2 rings (SSSR count). The molecule has 3 N–H and O–H groups in total. The molecule has 2 aromatic carbocycles. The molecule has 112 valence electrons. The Morgan fingerprint density at radius 2 is 1.86 bits per heavy atom. The van der Waals surface area contributed by atoms with Crippen LogP contribution in [0.2, 0.25) is 0 Å². The summed E-state index contributed by atoms with van der Waals surface area (Å²) in [6.07, 6.45) is 0. The standard InChI is InChI=1S/C15H17FN2O2S/c1-10(2)11-4-3-5-12(8-11)18-21(19,20)13-6-7-15(17)14(16)9-13/h3-10,18H,17H2,1-2H3. The first kappa shape index (κ1) is 15.3. The average Bonchev–Trinajstić information content (AvgIpc) is 2.41. The predicted molar refractivity (Wildman–Crippen MR) is 82.2 cm³/mol.